The van der Waals surface area contributed by atoms with Gasteiger partial charge in [-0.1, -0.05) is 18.2 Å². The van der Waals surface area contributed by atoms with E-state index in [0.29, 0.717) is 12.6 Å². The number of nitrogens with two attached hydrogens (primary N) is 1. The molecule has 0 radical (unpaired) electrons. The van der Waals surface area contributed by atoms with Gasteiger partial charge in [0.05, 0.1) is 6.04 Å². The van der Waals surface area contributed by atoms with Gasteiger partial charge < -0.3 is 10.5 Å². The number of ether oxygens (including phenoxy) is 1. The van der Waals surface area contributed by atoms with Crippen molar-refractivity contribution in [2.24, 2.45) is 5.73 Å². The average Bonchev–Trinajstić information content (AvgIpc) is 3.23. The van der Waals surface area contributed by atoms with E-state index in [2.05, 4.69) is 34.1 Å². The molecule has 0 bridgehead atoms. The summed E-state index contributed by atoms with van der Waals surface area (Å²) in [7, 11) is 0. The van der Waals surface area contributed by atoms with Gasteiger partial charge in [0.1, 0.15) is 12.4 Å². The Labute approximate surface area is 134 Å². The molecule has 1 aromatic rings. The third-order valence-electron chi connectivity index (χ3n) is 4.95. The monoisotopic (exact) mass is 303 g/mol. The molecule has 2 aliphatic rings. The maximum atomic E-state index is 6.12. The molecule has 2 heterocycles. The van der Waals surface area contributed by atoms with Gasteiger partial charge in [-0.2, -0.15) is 0 Å². The van der Waals surface area contributed by atoms with Crippen LogP contribution < -0.4 is 10.5 Å². The third kappa shape index (κ3) is 3.80. The molecule has 4 nitrogen and oxygen atoms in total. The lowest BCUT2D eigenvalue weighted by atomic mass is 10.0. The molecule has 1 aromatic carbocycles. The highest BCUT2D eigenvalue weighted by atomic mass is 16.5. The van der Waals surface area contributed by atoms with Gasteiger partial charge in [-0.15, -0.1) is 0 Å². The topological polar surface area (TPSA) is 41.7 Å². The lowest BCUT2D eigenvalue weighted by molar-refractivity contribution is 0.219. The summed E-state index contributed by atoms with van der Waals surface area (Å²) in [6.45, 7) is 7.23. The minimum Gasteiger partial charge on any atom is -0.492 e. The molecule has 1 unspecified atom stereocenters. The molecule has 4 heteroatoms. The van der Waals surface area contributed by atoms with Gasteiger partial charge in [-0.3, -0.25) is 9.80 Å². The Balaban J connectivity index is 1.62. The van der Waals surface area contributed by atoms with Crippen molar-refractivity contribution in [3.8, 4) is 5.75 Å². The molecule has 0 saturated carbocycles. The van der Waals surface area contributed by atoms with E-state index >= 15 is 0 Å². The number of nitrogens with zero attached hydrogens (tertiary/aromatic N) is 2. The second kappa shape index (κ2) is 7.95. The molecule has 122 valence electrons. The summed E-state index contributed by atoms with van der Waals surface area (Å²) in [5, 5.41) is 0. The first-order chi connectivity index (χ1) is 10.9. The number of benzene rings is 1. The normalized spacial score (nSPS) is 21.3. The Morgan fingerprint density at radius 1 is 1.00 bits per heavy atom. The van der Waals surface area contributed by atoms with E-state index in [9.17, 15) is 0 Å². The van der Waals surface area contributed by atoms with Crippen LogP contribution in [-0.2, 0) is 0 Å². The fraction of sp³-hybridized carbons (Fsp3) is 0.667. The van der Waals surface area contributed by atoms with E-state index in [-0.39, 0.29) is 0 Å². The molecular formula is C18H29N3O. The fourth-order valence-corrected chi connectivity index (χ4v) is 3.70. The summed E-state index contributed by atoms with van der Waals surface area (Å²) >= 11 is 0. The molecule has 0 aliphatic carbocycles. The molecule has 1 atom stereocenters. The van der Waals surface area contributed by atoms with Gasteiger partial charge in [0.2, 0.25) is 0 Å². The number of likely N-dealkylation sites (tertiary alicyclic amines) is 2. The Hall–Kier alpha value is -1.10. The minimum atomic E-state index is 0.297. The zero-order chi connectivity index (χ0) is 15.2. The second-order valence-corrected chi connectivity index (χ2v) is 6.43. The summed E-state index contributed by atoms with van der Waals surface area (Å²) in [4.78, 5) is 4.99. The van der Waals surface area contributed by atoms with E-state index in [1.165, 1.54) is 44.3 Å². The van der Waals surface area contributed by atoms with Crippen LogP contribution in [0.2, 0.25) is 0 Å². The Morgan fingerprint density at radius 2 is 1.68 bits per heavy atom. The highest BCUT2D eigenvalue weighted by molar-refractivity contribution is 5.36. The number of hydrogen-bond acceptors (Lipinski definition) is 4. The number of para-hydroxylation sites is 1. The van der Waals surface area contributed by atoms with E-state index in [1.807, 2.05) is 0 Å². The van der Waals surface area contributed by atoms with Crippen molar-refractivity contribution in [3.63, 3.8) is 0 Å². The summed E-state index contributed by atoms with van der Waals surface area (Å²) in [5.41, 5.74) is 7.33. The van der Waals surface area contributed by atoms with Crippen LogP contribution in [0.15, 0.2) is 24.3 Å². The van der Waals surface area contributed by atoms with Gasteiger partial charge in [-0.25, -0.2) is 0 Å². The van der Waals surface area contributed by atoms with Crippen LogP contribution in [0.1, 0.15) is 37.3 Å². The zero-order valence-corrected chi connectivity index (χ0v) is 13.5. The average molecular weight is 303 g/mol. The molecule has 0 aromatic heterocycles. The summed E-state index contributed by atoms with van der Waals surface area (Å²) < 4.78 is 6.12. The maximum absolute atomic E-state index is 6.12. The highest BCUT2D eigenvalue weighted by Crippen LogP contribution is 2.31. The molecule has 2 N–H and O–H groups in total. The van der Waals surface area contributed by atoms with Crippen molar-refractivity contribution >= 4 is 0 Å². The molecule has 3 rings (SSSR count). The van der Waals surface area contributed by atoms with E-state index < -0.39 is 0 Å². The van der Waals surface area contributed by atoms with Crippen LogP contribution in [-0.4, -0.2) is 55.7 Å². The molecule has 0 spiro atoms. The zero-order valence-electron chi connectivity index (χ0n) is 13.5. The van der Waals surface area contributed by atoms with E-state index in [4.69, 9.17) is 10.5 Å². The van der Waals surface area contributed by atoms with Crippen LogP contribution in [0.25, 0.3) is 0 Å². The number of hydrogen-bond donors (Lipinski definition) is 1. The van der Waals surface area contributed by atoms with E-state index in [0.717, 1.165) is 32.0 Å². The molecular weight excluding hydrogens is 274 g/mol. The molecule has 22 heavy (non-hydrogen) atoms. The van der Waals surface area contributed by atoms with Crippen LogP contribution in [0.4, 0.5) is 0 Å². The first kappa shape index (κ1) is 15.8. The van der Waals surface area contributed by atoms with Crippen LogP contribution in [0.5, 0.6) is 5.75 Å². The van der Waals surface area contributed by atoms with Crippen molar-refractivity contribution in [2.45, 2.75) is 31.7 Å². The highest BCUT2D eigenvalue weighted by Gasteiger charge is 2.24. The van der Waals surface area contributed by atoms with Gasteiger partial charge in [0.15, 0.2) is 0 Å². The van der Waals surface area contributed by atoms with Gasteiger partial charge in [-0.05, 0) is 57.9 Å². The van der Waals surface area contributed by atoms with Crippen LogP contribution in [0, 0.1) is 0 Å². The third-order valence-corrected chi connectivity index (χ3v) is 4.95. The quantitative estimate of drug-likeness (QED) is 0.839. The van der Waals surface area contributed by atoms with Crippen molar-refractivity contribution < 1.29 is 4.74 Å². The fourth-order valence-electron chi connectivity index (χ4n) is 3.70. The lowest BCUT2D eigenvalue weighted by Gasteiger charge is -2.28. The van der Waals surface area contributed by atoms with Gasteiger partial charge >= 0.3 is 0 Å². The standard InChI is InChI=1S/C18H29N3O/c19-15-17(21-11-5-6-12-21)16-7-1-2-8-18(16)22-14-13-20-9-3-4-10-20/h1-2,7-8,17H,3-6,9-15,19H2. The van der Waals surface area contributed by atoms with Crippen LogP contribution in [0.3, 0.4) is 0 Å². The van der Waals surface area contributed by atoms with Crippen molar-refractivity contribution in [3.05, 3.63) is 29.8 Å². The lowest BCUT2D eigenvalue weighted by Crippen LogP contribution is -2.32. The van der Waals surface area contributed by atoms with Gasteiger partial charge in [0.25, 0.3) is 0 Å². The molecule has 2 aliphatic heterocycles. The molecule has 2 fully saturated rings. The maximum Gasteiger partial charge on any atom is 0.124 e. The first-order valence-electron chi connectivity index (χ1n) is 8.76. The predicted molar refractivity (Wildman–Crippen MR) is 90.2 cm³/mol. The molecule has 2 saturated heterocycles. The van der Waals surface area contributed by atoms with Crippen LogP contribution >= 0.6 is 0 Å². The SMILES string of the molecule is NCC(c1ccccc1OCCN1CCCC1)N1CCCC1. The summed E-state index contributed by atoms with van der Waals surface area (Å²) in [6.07, 6.45) is 5.24. The molecule has 0 amide bonds. The van der Waals surface area contributed by atoms with E-state index in [1.54, 1.807) is 0 Å². The second-order valence-electron chi connectivity index (χ2n) is 6.43. The smallest absolute Gasteiger partial charge is 0.124 e. The Bertz CT molecular complexity index is 453. The largest absolute Gasteiger partial charge is 0.492 e. The van der Waals surface area contributed by atoms with Gasteiger partial charge in [0, 0.05) is 18.7 Å². The van der Waals surface area contributed by atoms with Crippen molar-refractivity contribution in [1.29, 1.82) is 0 Å². The Morgan fingerprint density at radius 3 is 2.41 bits per heavy atom. The summed E-state index contributed by atoms with van der Waals surface area (Å²) in [5.74, 6) is 1.02. The number of rotatable bonds is 7. The summed E-state index contributed by atoms with van der Waals surface area (Å²) in [6, 6.07) is 8.73. The van der Waals surface area contributed by atoms with Crippen molar-refractivity contribution in [1.82, 2.24) is 9.80 Å². The predicted octanol–water partition coefficient (Wildman–Crippen LogP) is 2.26. The minimum absolute atomic E-state index is 0.297. The Kier molecular flexibility index (Phi) is 5.70. The first-order valence-corrected chi connectivity index (χ1v) is 8.76. The van der Waals surface area contributed by atoms with Crippen molar-refractivity contribution in [2.75, 3.05) is 45.9 Å².